The van der Waals surface area contributed by atoms with Gasteiger partial charge in [0, 0.05) is 23.9 Å². The number of para-hydroxylation sites is 1. The summed E-state index contributed by atoms with van der Waals surface area (Å²) in [5.41, 5.74) is 4.57. The molecule has 1 saturated heterocycles. The lowest BCUT2D eigenvalue weighted by atomic mass is 10.0. The number of aromatic nitrogens is 2. The molecule has 1 fully saturated rings. The molecular formula is C27H27N3O2S2. The van der Waals surface area contributed by atoms with E-state index in [1.807, 2.05) is 66.3 Å². The molecule has 34 heavy (non-hydrogen) atoms. The molecule has 174 valence electrons. The highest BCUT2D eigenvalue weighted by atomic mass is 32.2. The summed E-state index contributed by atoms with van der Waals surface area (Å²) in [5.74, 6) is 1.21. The Morgan fingerprint density at radius 3 is 2.65 bits per heavy atom. The number of hydrogen-bond donors (Lipinski definition) is 0. The average Bonchev–Trinajstić information content (AvgIpc) is 3.35. The van der Waals surface area contributed by atoms with Crippen LogP contribution in [0.25, 0.3) is 23.0 Å². The van der Waals surface area contributed by atoms with Crippen LogP contribution < -0.4 is 4.74 Å². The Bertz CT molecular complexity index is 1260. The van der Waals surface area contributed by atoms with E-state index in [-0.39, 0.29) is 5.91 Å². The van der Waals surface area contributed by atoms with Gasteiger partial charge in [0.2, 0.25) is 0 Å². The normalized spacial score (nSPS) is 14.9. The quantitative estimate of drug-likeness (QED) is 0.212. The van der Waals surface area contributed by atoms with Gasteiger partial charge in [-0.05, 0) is 54.8 Å². The molecule has 0 bridgehead atoms. The number of amides is 1. The summed E-state index contributed by atoms with van der Waals surface area (Å²) in [6, 6.07) is 16.0. The fourth-order valence-electron chi connectivity index (χ4n) is 3.57. The summed E-state index contributed by atoms with van der Waals surface area (Å²) in [6.07, 6.45) is 5.50. The van der Waals surface area contributed by atoms with Crippen molar-refractivity contribution < 1.29 is 9.53 Å². The van der Waals surface area contributed by atoms with Crippen molar-refractivity contribution >= 4 is 40.3 Å². The minimum absolute atomic E-state index is 0.109. The van der Waals surface area contributed by atoms with Gasteiger partial charge in [-0.2, -0.15) is 5.10 Å². The van der Waals surface area contributed by atoms with Gasteiger partial charge in [0.05, 0.1) is 17.2 Å². The van der Waals surface area contributed by atoms with E-state index in [1.165, 1.54) is 11.8 Å². The number of thioether (sulfide) groups is 1. The standard InChI is InChI=1S/C27H27N3O2S2/c1-5-13-29-26(31)24(34-27(29)33)15-21-16-30(22-9-7-6-8-10-22)28-25(21)20-11-12-23(19(4)14-20)32-17-18(2)3/h5-12,14-16,18H,1,13,17H2,2-4H3. The van der Waals surface area contributed by atoms with Crippen LogP contribution in [0.2, 0.25) is 0 Å². The van der Waals surface area contributed by atoms with Gasteiger partial charge in [0.15, 0.2) is 0 Å². The SMILES string of the molecule is C=CCN1C(=O)C(=Cc2cn(-c3ccccc3)nc2-c2ccc(OCC(C)C)c(C)c2)SC1=S. The molecular weight excluding hydrogens is 462 g/mol. The van der Waals surface area contributed by atoms with Crippen molar-refractivity contribution in [3.8, 4) is 22.7 Å². The van der Waals surface area contributed by atoms with Gasteiger partial charge in [-0.1, -0.05) is 62.1 Å². The molecule has 2 aromatic carbocycles. The minimum Gasteiger partial charge on any atom is -0.493 e. The van der Waals surface area contributed by atoms with Gasteiger partial charge in [-0.15, -0.1) is 6.58 Å². The van der Waals surface area contributed by atoms with Crippen LogP contribution in [0.15, 0.2) is 72.3 Å². The van der Waals surface area contributed by atoms with Gasteiger partial charge >= 0.3 is 0 Å². The lowest BCUT2D eigenvalue weighted by Gasteiger charge is -2.12. The molecule has 1 aliphatic rings. The Morgan fingerprint density at radius 2 is 1.97 bits per heavy atom. The maximum absolute atomic E-state index is 12.9. The first kappa shape index (κ1) is 24.0. The van der Waals surface area contributed by atoms with E-state index in [2.05, 4.69) is 26.5 Å². The van der Waals surface area contributed by atoms with E-state index in [4.69, 9.17) is 22.1 Å². The molecule has 4 rings (SSSR count). The molecule has 7 heteroatoms. The molecule has 1 amide bonds. The zero-order chi connectivity index (χ0) is 24.2. The van der Waals surface area contributed by atoms with Gasteiger partial charge < -0.3 is 4.74 Å². The summed E-state index contributed by atoms with van der Waals surface area (Å²) in [4.78, 5) is 15.1. The lowest BCUT2D eigenvalue weighted by molar-refractivity contribution is -0.121. The van der Waals surface area contributed by atoms with E-state index < -0.39 is 0 Å². The number of hydrogen-bond acceptors (Lipinski definition) is 5. The highest BCUT2D eigenvalue weighted by molar-refractivity contribution is 8.26. The van der Waals surface area contributed by atoms with Crippen molar-refractivity contribution in [1.82, 2.24) is 14.7 Å². The van der Waals surface area contributed by atoms with Crippen molar-refractivity contribution in [3.63, 3.8) is 0 Å². The summed E-state index contributed by atoms with van der Waals surface area (Å²) < 4.78 is 8.32. The van der Waals surface area contributed by atoms with E-state index in [9.17, 15) is 4.79 Å². The number of benzene rings is 2. The Morgan fingerprint density at radius 1 is 1.21 bits per heavy atom. The van der Waals surface area contributed by atoms with Crippen molar-refractivity contribution in [1.29, 1.82) is 0 Å². The monoisotopic (exact) mass is 489 g/mol. The van der Waals surface area contributed by atoms with Gasteiger partial charge in [-0.3, -0.25) is 9.69 Å². The van der Waals surface area contributed by atoms with E-state index in [1.54, 1.807) is 11.0 Å². The smallest absolute Gasteiger partial charge is 0.266 e. The second kappa shape index (κ2) is 10.4. The van der Waals surface area contributed by atoms with Gasteiger partial charge in [-0.25, -0.2) is 4.68 Å². The second-order valence-corrected chi connectivity index (χ2v) is 10.2. The molecule has 2 heterocycles. The third kappa shape index (κ3) is 5.16. The van der Waals surface area contributed by atoms with Crippen LogP contribution in [0.3, 0.4) is 0 Å². The zero-order valence-electron chi connectivity index (χ0n) is 19.5. The summed E-state index contributed by atoms with van der Waals surface area (Å²) in [7, 11) is 0. The molecule has 0 atom stereocenters. The van der Waals surface area contributed by atoms with Crippen LogP contribution in [0.1, 0.15) is 25.0 Å². The number of thiocarbonyl (C=S) groups is 1. The summed E-state index contributed by atoms with van der Waals surface area (Å²) >= 11 is 6.71. The fraction of sp³-hybridized carbons (Fsp3) is 0.222. The minimum atomic E-state index is -0.109. The second-order valence-electron chi connectivity index (χ2n) is 8.48. The Balaban J connectivity index is 1.76. The van der Waals surface area contributed by atoms with Crippen molar-refractivity contribution in [3.05, 3.63) is 83.4 Å². The molecule has 5 nitrogen and oxygen atoms in total. The van der Waals surface area contributed by atoms with Gasteiger partial charge in [0.25, 0.3) is 5.91 Å². The Hall–Kier alpha value is -3.16. The maximum atomic E-state index is 12.9. The van der Waals surface area contributed by atoms with E-state index in [0.717, 1.165) is 33.8 Å². The third-order valence-electron chi connectivity index (χ3n) is 5.26. The molecule has 0 unspecified atom stereocenters. The molecule has 0 N–H and O–H groups in total. The van der Waals surface area contributed by atoms with Crippen LogP contribution in [0.5, 0.6) is 5.75 Å². The number of rotatable bonds is 8. The largest absolute Gasteiger partial charge is 0.493 e. The molecule has 0 spiro atoms. The third-order valence-corrected chi connectivity index (χ3v) is 6.63. The summed E-state index contributed by atoms with van der Waals surface area (Å²) in [6.45, 7) is 11.1. The number of carbonyl (C=O) groups excluding carboxylic acids is 1. The lowest BCUT2D eigenvalue weighted by Crippen LogP contribution is -2.27. The topological polar surface area (TPSA) is 47.4 Å². The van der Waals surface area contributed by atoms with Crippen molar-refractivity contribution in [2.75, 3.05) is 13.2 Å². The highest BCUT2D eigenvalue weighted by Crippen LogP contribution is 2.35. The first-order chi connectivity index (χ1) is 16.4. The van der Waals surface area contributed by atoms with Crippen LogP contribution in [0, 0.1) is 12.8 Å². The summed E-state index contributed by atoms with van der Waals surface area (Å²) in [5, 5.41) is 4.89. The van der Waals surface area contributed by atoms with Crippen LogP contribution in [-0.2, 0) is 4.79 Å². The zero-order valence-corrected chi connectivity index (χ0v) is 21.2. The molecule has 0 radical (unpaired) electrons. The number of nitrogens with zero attached hydrogens (tertiary/aromatic N) is 3. The molecule has 3 aromatic rings. The van der Waals surface area contributed by atoms with Crippen molar-refractivity contribution in [2.24, 2.45) is 5.92 Å². The first-order valence-corrected chi connectivity index (χ1v) is 12.3. The molecule has 1 aromatic heterocycles. The Labute approximate surface area is 210 Å². The molecule has 1 aliphatic heterocycles. The highest BCUT2D eigenvalue weighted by Gasteiger charge is 2.31. The first-order valence-electron chi connectivity index (χ1n) is 11.1. The Kier molecular flexibility index (Phi) is 7.34. The fourth-order valence-corrected chi connectivity index (χ4v) is 4.84. The molecule has 0 saturated carbocycles. The van der Waals surface area contributed by atoms with Crippen molar-refractivity contribution in [2.45, 2.75) is 20.8 Å². The number of aryl methyl sites for hydroxylation is 1. The number of carbonyl (C=O) groups is 1. The predicted molar refractivity (Wildman–Crippen MR) is 144 cm³/mol. The van der Waals surface area contributed by atoms with Crippen LogP contribution in [-0.4, -0.2) is 38.1 Å². The van der Waals surface area contributed by atoms with Crippen LogP contribution in [0.4, 0.5) is 0 Å². The van der Waals surface area contributed by atoms with E-state index >= 15 is 0 Å². The maximum Gasteiger partial charge on any atom is 0.266 e. The number of ether oxygens (including phenoxy) is 1. The molecule has 0 aliphatic carbocycles. The van der Waals surface area contributed by atoms with E-state index in [0.29, 0.717) is 28.3 Å². The van der Waals surface area contributed by atoms with Gasteiger partial charge in [0.1, 0.15) is 15.8 Å². The van der Waals surface area contributed by atoms with Crippen LogP contribution >= 0.6 is 24.0 Å². The predicted octanol–water partition coefficient (Wildman–Crippen LogP) is 6.27. The average molecular weight is 490 g/mol.